The van der Waals surface area contributed by atoms with Gasteiger partial charge >= 0.3 is 0 Å². The average molecular weight is 190 g/mol. The van der Waals surface area contributed by atoms with Gasteiger partial charge in [-0.25, -0.2) is 0 Å². The van der Waals surface area contributed by atoms with Crippen LogP contribution in [-0.4, -0.2) is 33.2 Å². The maximum absolute atomic E-state index is 5.44. The van der Waals surface area contributed by atoms with Crippen LogP contribution in [0.1, 0.15) is 27.2 Å². The SMILES string of the molecule is CCOC(OC)C(C)C(CC)OC. The van der Waals surface area contributed by atoms with Crippen LogP contribution in [-0.2, 0) is 14.2 Å². The zero-order valence-corrected chi connectivity index (χ0v) is 9.37. The van der Waals surface area contributed by atoms with Crippen molar-refractivity contribution in [3.05, 3.63) is 0 Å². The first kappa shape index (κ1) is 12.9. The summed E-state index contributed by atoms with van der Waals surface area (Å²) in [5.74, 6) is 0.264. The summed E-state index contributed by atoms with van der Waals surface area (Å²) in [4.78, 5) is 0. The molecule has 0 N–H and O–H groups in total. The van der Waals surface area contributed by atoms with Crippen LogP contribution in [0.2, 0.25) is 0 Å². The molecule has 0 aromatic rings. The van der Waals surface area contributed by atoms with E-state index in [2.05, 4.69) is 13.8 Å². The minimum absolute atomic E-state index is 0.158. The van der Waals surface area contributed by atoms with Gasteiger partial charge in [0.05, 0.1) is 6.10 Å². The van der Waals surface area contributed by atoms with E-state index in [0.29, 0.717) is 6.61 Å². The Morgan fingerprint density at radius 3 is 2.00 bits per heavy atom. The lowest BCUT2D eigenvalue weighted by atomic mass is 10.0. The molecule has 3 unspecified atom stereocenters. The molecule has 0 fully saturated rings. The third kappa shape index (κ3) is 4.07. The van der Waals surface area contributed by atoms with Crippen molar-refractivity contribution >= 4 is 0 Å². The van der Waals surface area contributed by atoms with Crippen molar-refractivity contribution in [3.63, 3.8) is 0 Å². The second-order valence-corrected chi connectivity index (χ2v) is 3.10. The van der Waals surface area contributed by atoms with Crippen molar-refractivity contribution in [1.29, 1.82) is 0 Å². The first-order valence-corrected chi connectivity index (χ1v) is 4.88. The Hall–Kier alpha value is -0.120. The number of ether oxygens (including phenoxy) is 3. The quantitative estimate of drug-likeness (QED) is 0.575. The first-order chi connectivity index (χ1) is 6.21. The van der Waals surface area contributed by atoms with E-state index >= 15 is 0 Å². The van der Waals surface area contributed by atoms with Crippen LogP contribution in [0.3, 0.4) is 0 Å². The molecule has 0 aromatic heterocycles. The van der Waals surface area contributed by atoms with Crippen molar-refractivity contribution in [2.45, 2.75) is 39.6 Å². The predicted molar refractivity (Wildman–Crippen MR) is 52.7 cm³/mol. The van der Waals surface area contributed by atoms with Crippen LogP contribution < -0.4 is 0 Å². The minimum atomic E-state index is -0.158. The first-order valence-electron chi connectivity index (χ1n) is 4.88. The molecule has 80 valence electrons. The Morgan fingerprint density at radius 2 is 1.69 bits per heavy atom. The molecular formula is C10H22O3. The van der Waals surface area contributed by atoms with Crippen molar-refractivity contribution in [3.8, 4) is 0 Å². The summed E-state index contributed by atoms with van der Waals surface area (Å²) in [6.45, 7) is 6.82. The molecule has 0 aliphatic rings. The topological polar surface area (TPSA) is 27.7 Å². The van der Waals surface area contributed by atoms with Crippen molar-refractivity contribution < 1.29 is 14.2 Å². The second-order valence-electron chi connectivity index (χ2n) is 3.10. The van der Waals surface area contributed by atoms with Gasteiger partial charge in [0.15, 0.2) is 6.29 Å². The Kier molecular flexibility index (Phi) is 7.23. The van der Waals surface area contributed by atoms with Crippen LogP contribution in [0, 0.1) is 5.92 Å². The molecule has 0 spiro atoms. The van der Waals surface area contributed by atoms with Gasteiger partial charge in [0.1, 0.15) is 0 Å². The highest BCUT2D eigenvalue weighted by atomic mass is 16.7. The molecule has 0 aliphatic carbocycles. The molecule has 3 nitrogen and oxygen atoms in total. The predicted octanol–water partition coefficient (Wildman–Crippen LogP) is 2.06. The van der Waals surface area contributed by atoms with Gasteiger partial charge in [-0.15, -0.1) is 0 Å². The molecule has 3 atom stereocenters. The van der Waals surface area contributed by atoms with Crippen LogP contribution >= 0.6 is 0 Å². The van der Waals surface area contributed by atoms with E-state index in [1.165, 1.54) is 0 Å². The second kappa shape index (κ2) is 7.30. The summed E-state index contributed by atoms with van der Waals surface area (Å²) in [7, 11) is 3.39. The summed E-state index contributed by atoms with van der Waals surface area (Å²) in [6.07, 6.45) is 1.02. The number of hydrogen-bond donors (Lipinski definition) is 0. The van der Waals surface area contributed by atoms with Crippen molar-refractivity contribution in [2.24, 2.45) is 5.92 Å². The molecule has 0 rings (SSSR count). The molecule has 0 saturated heterocycles. The molecule has 0 aromatic carbocycles. The molecular weight excluding hydrogens is 168 g/mol. The molecule has 0 amide bonds. The Labute approximate surface area is 81.4 Å². The van der Waals surface area contributed by atoms with Gasteiger partial charge in [-0.2, -0.15) is 0 Å². The third-order valence-electron chi connectivity index (χ3n) is 2.28. The van der Waals surface area contributed by atoms with Gasteiger partial charge in [-0.1, -0.05) is 13.8 Å². The van der Waals surface area contributed by atoms with Crippen LogP contribution in [0.5, 0.6) is 0 Å². The van der Waals surface area contributed by atoms with Gasteiger partial charge in [-0.05, 0) is 13.3 Å². The van der Waals surface area contributed by atoms with Crippen molar-refractivity contribution in [1.82, 2.24) is 0 Å². The molecule has 0 heterocycles. The molecule has 3 heteroatoms. The maximum Gasteiger partial charge on any atom is 0.162 e. The monoisotopic (exact) mass is 190 g/mol. The van der Waals surface area contributed by atoms with Gasteiger partial charge in [0.25, 0.3) is 0 Å². The fourth-order valence-corrected chi connectivity index (χ4v) is 1.53. The summed E-state index contributed by atoms with van der Waals surface area (Å²) in [6, 6.07) is 0. The van der Waals surface area contributed by atoms with E-state index in [4.69, 9.17) is 14.2 Å². The summed E-state index contributed by atoms with van der Waals surface area (Å²) < 4.78 is 16.0. The minimum Gasteiger partial charge on any atom is -0.381 e. The Bertz CT molecular complexity index is 113. The fourth-order valence-electron chi connectivity index (χ4n) is 1.53. The smallest absolute Gasteiger partial charge is 0.162 e. The van der Waals surface area contributed by atoms with E-state index in [9.17, 15) is 0 Å². The Balaban J connectivity index is 4.07. The van der Waals surface area contributed by atoms with E-state index < -0.39 is 0 Å². The zero-order valence-electron chi connectivity index (χ0n) is 9.37. The van der Waals surface area contributed by atoms with Gasteiger partial charge in [0.2, 0.25) is 0 Å². The summed E-state index contributed by atoms with van der Waals surface area (Å²) >= 11 is 0. The highest BCUT2D eigenvalue weighted by Gasteiger charge is 2.24. The molecule has 13 heavy (non-hydrogen) atoms. The van der Waals surface area contributed by atoms with Crippen LogP contribution in [0.15, 0.2) is 0 Å². The van der Waals surface area contributed by atoms with Crippen LogP contribution in [0.25, 0.3) is 0 Å². The Morgan fingerprint density at radius 1 is 1.08 bits per heavy atom. The average Bonchev–Trinajstić information content (AvgIpc) is 2.15. The zero-order chi connectivity index (χ0) is 10.3. The van der Waals surface area contributed by atoms with E-state index in [-0.39, 0.29) is 18.3 Å². The van der Waals surface area contributed by atoms with Gasteiger partial charge < -0.3 is 14.2 Å². The van der Waals surface area contributed by atoms with E-state index in [1.807, 2.05) is 6.92 Å². The van der Waals surface area contributed by atoms with E-state index in [1.54, 1.807) is 14.2 Å². The standard InChI is InChI=1S/C10H22O3/c1-6-9(11-4)8(3)10(12-5)13-7-2/h8-10H,6-7H2,1-5H3. The summed E-state index contributed by atoms with van der Waals surface area (Å²) in [5.41, 5.74) is 0. The van der Waals surface area contributed by atoms with Gasteiger partial charge in [-0.3, -0.25) is 0 Å². The highest BCUT2D eigenvalue weighted by molar-refractivity contribution is 4.67. The maximum atomic E-state index is 5.44. The largest absolute Gasteiger partial charge is 0.381 e. The number of rotatable bonds is 7. The lowest BCUT2D eigenvalue weighted by Crippen LogP contribution is -2.33. The van der Waals surface area contributed by atoms with Crippen LogP contribution in [0.4, 0.5) is 0 Å². The number of methoxy groups -OCH3 is 2. The molecule has 0 bridgehead atoms. The van der Waals surface area contributed by atoms with Gasteiger partial charge in [0, 0.05) is 26.7 Å². The lowest BCUT2D eigenvalue weighted by Gasteiger charge is -2.28. The highest BCUT2D eigenvalue weighted by Crippen LogP contribution is 2.17. The fraction of sp³-hybridized carbons (Fsp3) is 1.00. The van der Waals surface area contributed by atoms with Crippen molar-refractivity contribution in [2.75, 3.05) is 20.8 Å². The normalized spacial score (nSPS) is 18.2. The molecule has 0 saturated carbocycles. The van der Waals surface area contributed by atoms with E-state index in [0.717, 1.165) is 6.42 Å². The molecule has 0 radical (unpaired) electrons. The third-order valence-corrected chi connectivity index (χ3v) is 2.28. The lowest BCUT2D eigenvalue weighted by molar-refractivity contribution is -0.173. The number of hydrogen-bond acceptors (Lipinski definition) is 3. The molecule has 0 aliphatic heterocycles. The summed E-state index contributed by atoms with van der Waals surface area (Å²) in [5, 5.41) is 0.